The quantitative estimate of drug-likeness (QED) is 0.134. The molecule has 0 atom stereocenters. The van der Waals surface area contributed by atoms with Gasteiger partial charge in [0.1, 0.15) is 12.4 Å². The Hall–Kier alpha value is -4.95. The van der Waals surface area contributed by atoms with Gasteiger partial charge in [-0.3, -0.25) is 4.79 Å². The van der Waals surface area contributed by atoms with Crippen molar-refractivity contribution < 1.29 is 14.2 Å². The summed E-state index contributed by atoms with van der Waals surface area (Å²) in [5.74, 6) is 2.60. The number of methoxy groups -OCH3 is 1. The van der Waals surface area contributed by atoms with E-state index < -0.39 is 0 Å². The van der Waals surface area contributed by atoms with Crippen LogP contribution < -0.4 is 19.8 Å². The molecule has 7 nitrogen and oxygen atoms in total. The summed E-state index contributed by atoms with van der Waals surface area (Å²) >= 11 is 3.68. The fraction of sp³-hybridized carbons (Fsp3) is 0.205. The molecule has 0 N–H and O–H groups in total. The van der Waals surface area contributed by atoms with Crippen molar-refractivity contribution in [1.82, 2.24) is 9.66 Å². The maximum atomic E-state index is 13.9. The molecule has 8 heteroatoms. The molecule has 1 heterocycles. The van der Waals surface area contributed by atoms with E-state index in [0.717, 1.165) is 38.8 Å². The Morgan fingerprint density at radius 1 is 0.915 bits per heavy atom. The minimum Gasteiger partial charge on any atom is -0.494 e. The van der Waals surface area contributed by atoms with Crippen molar-refractivity contribution >= 4 is 43.8 Å². The number of rotatable bonds is 10. The predicted octanol–water partition coefficient (Wildman–Crippen LogP) is 9.28. The molecule has 47 heavy (non-hydrogen) atoms. The van der Waals surface area contributed by atoms with Crippen LogP contribution in [0.3, 0.4) is 0 Å². The molecule has 0 aliphatic carbocycles. The number of ether oxygens (including phenoxy) is 3. The van der Waals surface area contributed by atoms with E-state index in [1.165, 1.54) is 4.68 Å². The molecule has 6 rings (SSSR count). The van der Waals surface area contributed by atoms with Gasteiger partial charge in [-0.25, -0.2) is 4.98 Å². The van der Waals surface area contributed by atoms with Crippen molar-refractivity contribution in [3.63, 3.8) is 0 Å². The Bertz CT molecular complexity index is 2180. The number of fused-ring (bicyclic) bond motifs is 2. The topological polar surface area (TPSA) is 74.9 Å². The van der Waals surface area contributed by atoms with E-state index in [1.54, 1.807) is 19.4 Å². The van der Waals surface area contributed by atoms with Crippen molar-refractivity contribution in [2.75, 3.05) is 13.7 Å². The van der Waals surface area contributed by atoms with Gasteiger partial charge >= 0.3 is 0 Å². The highest BCUT2D eigenvalue weighted by Gasteiger charge is 2.19. The Labute approximate surface area is 282 Å². The van der Waals surface area contributed by atoms with E-state index in [1.807, 2.05) is 68.4 Å². The standard InChI is InChI=1S/C39H36BrN3O4/c1-6-46-35-18-25(4)32(21-31(35)24(2)3)38-42-34-17-10-9-16-30(34)39(44)43(38)41-22-26-19-33(40)37(36(20-26)45-5)47-23-28-14-11-13-27-12-7-8-15-29(27)28/h7-22,24H,6,23H2,1-5H3. The maximum Gasteiger partial charge on any atom is 0.282 e. The van der Waals surface area contributed by atoms with Gasteiger partial charge in [-0.15, -0.1) is 0 Å². The Kier molecular flexibility index (Phi) is 9.41. The zero-order chi connectivity index (χ0) is 33.1. The molecule has 0 saturated heterocycles. The lowest BCUT2D eigenvalue weighted by molar-refractivity contribution is 0.283. The summed E-state index contributed by atoms with van der Waals surface area (Å²) in [6.45, 7) is 9.14. The fourth-order valence-corrected chi connectivity index (χ4v) is 6.30. The lowest BCUT2D eigenvalue weighted by atomic mass is 9.96. The van der Waals surface area contributed by atoms with E-state index in [9.17, 15) is 4.79 Å². The average molecular weight is 691 g/mol. The van der Waals surface area contributed by atoms with E-state index in [-0.39, 0.29) is 11.5 Å². The molecule has 0 aliphatic heterocycles. The smallest absolute Gasteiger partial charge is 0.282 e. The van der Waals surface area contributed by atoms with Gasteiger partial charge in [0.15, 0.2) is 17.3 Å². The second kappa shape index (κ2) is 13.8. The van der Waals surface area contributed by atoms with Crippen LogP contribution in [0, 0.1) is 6.92 Å². The van der Waals surface area contributed by atoms with Crippen LogP contribution in [0.2, 0.25) is 0 Å². The van der Waals surface area contributed by atoms with E-state index in [4.69, 9.17) is 24.3 Å². The second-order valence-corrected chi connectivity index (χ2v) is 12.4. The summed E-state index contributed by atoms with van der Waals surface area (Å²) in [7, 11) is 1.60. The molecular weight excluding hydrogens is 654 g/mol. The number of halogens is 1. The second-order valence-electron chi connectivity index (χ2n) is 11.6. The number of benzene rings is 5. The minimum atomic E-state index is -0.262. The predicted molar refractivity (Wildman–Crippen MR) is 193 cm³/mol. The van der Waals surface area contributed by atoms with Gasteiger partial charge in [0, 0.05) is 5.56 Å². The summed E-state index contributed by atoms with van der Waals surface area (Å²) < 4.78 is 20.1. The lowest BCUT2D eigenvalue weighted by Gasteiger charge is -2.18. The first kappa shape index (κ1) is 32.0. The number of hydrogen-bond acceptors (Lipinski definition) is 6. The molecule has 238 valence electrons. The number of aromatic nitrogens is 2. The number of nitrogens with zero attached hydrogens (tertiary/aromatic N) is 3. The molecule has 1 aromatic heterocycles. The molecule has 0 amide bonds. The van der Waals surface area contributed by atoms with Gasteiger partial charge in [0.2, 0.25) is 0 Å². The highest BCUT2D eigenvalue weighted by atomic mass is 79.9. The van der Waals surface area contributed by atoms with Gasteiger partial charge in [0.25, 0.3) is 5.56 Å². The minimum absolute atomic E-state index is 0.200. The van der Waals surface area contributed by atoms with Gasteiger partial charge in [0.05, 0.1) is 35.3 Å². The van der Waals surface area contributed by atoms with Crippen LogP contribution in [0.1, 0.15) is 48.9 Å². The fourth-order valence-electron chi connectivity index (χ4n) is 5.72. The highest BCUT2D eigenvalue weighted by Crippen LogP contribution is 2.38. The first-order valence-electron chi connectivity index (χ1n) is 15.6. The van der Waals surface area contributed by atoms with Crippen LogP contribution in [0.4, 0.5) is 0 Å². The van der Waals surface area contributed by atoms with Crippen LogP contribution in [0.5, 0.6) is 17.2 Å². The Morgan fingerprint density at radius 2 is 1.66 bits per heavy atom. The lowest BCUT2D eigenvalue weighted by Crippen LogP contribution is -2.21. The van der Waals surface area contributed by atoms with Crippen molar-refractivity contribution in [2.24, 2.45) is 5.10 Å². The van der Waals surface area contributed by atoms with E-state index >= 15 is 0 Å². The van der Waals surface area contributed by atoms with Crippen LogP contribution >= 0.6 is 15.9 Å². The summed E-state index contributed by atoms with van der Waals surface area (Å²) in [5.41, 5.74) is 4.91. The molecule has 5 aromatic carbocycles. The zero-order valence-electron chi connectivity index (χ0n) is 27.1. The van der Waals surface area contributed by atoms with Gasteiger partial charge < -0.3 is 14.2 Å². The first-order chi connectivity index (χ1) is 22.8. The molecule has 0 aliphatic rings. The number of para-hydroxylation sites is 1. The van der Waals surface area contributed by atoms with Crippen LogP contribution in [0.25, 0.3) is 33.1 Å². The van der Waals surface area contributed by atoms with Crippen LogP contribution in [-0.2, 0) is 6.61 Å². The maximum absolute atomic E-state index is 13.9. The zero-order valence-corrected chi connectivity index (χ0v) is 28.7. The van der Waals surface area contributed by atoms with Crippen molar-refractivity contribution in [1.29, 1.82) is 0 Å². The monoisotopic (exact) mass is 689 g/mol. The van der Waals surface area contributed by atoms with Gasteiger partial charge in [-0.2, -0.15) is 9.78 Å². The van der Waals surface area contributed by atoms with Gasteiger partial charge in [-0.1, -0.05) is 68.4 Å². The Morgan fingerprint density at radius 3 is 2.43 bits per heavy atom. The highest BCUT2D eigenvalue weighted by molar-refractivity contribution is 9.10. The summed E-state index contributed by atoms with van der Waals surface area (Å²) in [6, 6.07) is 29.6. The largest absolute Gasteiger partial charge is 0.494 e. The first-order valence-corrected chi connectivity index (χ1v) is 16.4. The molecule has 0 saturated carbocycles. The third kappa shape index (κ3) is 6.51. The SMILES string of the molecule is CCOc1cc(C)c(-c2nc3ccccc3c(=O)n2N=Cc2cc(Br)c(OCc3cccc4ccccc34)c(OC)c2)cc1C(C)C. The molecule has 0 unspecified atom stereocenters. The molecule has 0 radical (unpaired) electrons. The molecular formula is C39H36BrN3O4. The van der Waals surface area contributed by atoms with E-state index in [0.29, 0.717) is 51.5 Å². The van der Waals surface area contributed by atoms with Gasteiger partial charge in [-0.05, 0) is 105 Å². The summed E-state index contributed by atoms with van der Waals surface area (Å²) in [4.78, 5) is 18.9. The average Bonchev–Trinajstić information content (AvgIpc) is 3.07. The normalized spacial score (nSPS) is 11.6. The number of hydrogen-bond donors (Lipinski definition) is 0. The summed E-state index contributed by atoms with van der Waals surface area (Å²) in [6.07, 6.45) is 1.64. The Balaban J connectivity index is 1.40. The van der Waals surface area contributed by atoms with Crippen LogP contribution in [-0.4, -0.2) is 29.6 Å². The third-order valence-electron chi connectivity index (χ3n) is 8.10. The van der Waals surface area contributed by atoms with Crippen LogP contribution in [0.15, 0.2) is 105 Å². The van der Waals surface area contributed by atoms with Crippen molar-refractivity contribution in [3.8, 4) is 28.6 Å². The molecule has 6 aromatic rings. The summed E-state index contributed by atoms with van der Waals surface area (Å²) in [5, 5.41) is 7.50. The molecule has 0 bridgehead atoms. The molecule has 0 spiro atoms. The van der Waals surface area contributed by atoms with Crippen molar-refractivity contribution in [3.05, 3.63) is 128 Å². The van der Waals surface area contributed by atoms with Crippen molar-refractivity contribution in [2.45, 2.75) is 40.2 Å². The molecule has 0 fully saturated rings. The third-order valence-corrected chi connectivity index (χ3v) is 8.69. The van der Waals surface area contributed by atoms with E-state index in [2.05, 4.69) is 60.1 Å². The number of aryl methyl sites for hydroxylation is 1.